The maximum Gasteiger partial charge on any atom is 0.347 e. The van der Waals surface area contributed by atoms with Gasteiger partial charge in [-0.15, -0.1) is 0 Å². The van der Waals surface area contributed by atoms with Crippen LogP contribution in [0.25, 0.3) is 10.8 Å². The van der Waals surface area contributed by atoms with E-state index in [1.807, 2.05) is 0 Å². The van der Waals surface area contributed by atoms with E-state index in [9.17, 15) is 18.0 Å². The molecule has 0 N–H and O–H groups in total. The lowest BCUT2D eigenvalue weighted by molar-refractivity contribution is -0.154. The second-order valence-electron chi connectivity index (χ2n) is 6.93. The standard InChI is InChI=1S/C23H18F3NO4/c1-12(2)29-23(28)13(3)30-18-8-4-7-16-15(18)6-5-9-19(16)31-22-17(24)10-14(11-27)20(25)21(22)26/h4-10,12-13H,1-3H3. The van der Waals surface area contributed by atoms with Gasteiger partial charge in [-0.25, -0.2) is 13.6 Å². The third-order valence-electron chi connectivity index (χ3n) is 4.28. The molecule has 0 spiro atoms. The second-order valence-corrected chi connectivity index (χ2v) is 6.93. The molecule has 3 aromatic rings. The summed E-state index contributed by atoms with van der Waals surface area (Å²) in [6, 6.07) is 11.5. The Labute approximate surface area is 176 Å². The lowest BCUT2D eigenvalue weighted by atomic mass is 10.1. The third-order valence-corrected chi connectivity index (χ3v) is 4.28. The molecule has 0 saturated carbocycles. The van der Waals surface area contributed by atoms with Gasteiger partial charge in [-0.2, -0.15) is 9.65 Å². The van der Waals surface area contributed by atoms with Crippen molar-refractivity contribution in [1.29, 1.82) is 5.26 Å². The minimum absolute atomic E-state index is 0.0299. The molecular weight excluding hydrogens is 411 g/mol. The SMILES string of the molecule is CC(C)OC(=O)C(C)Oc1cccc2c(Oc3c(F)cc(C#N)c(F)c3F)cccc12. The number of rotatable bonds is 6. The number of hydrogen-bond acceptors (Lipinski definition) is 5. The van der Waals surface area contributed by atoms with Gasteiger partial charge in [-0.1, -0.05) is 24.3 Å². The summed E-state index contributed by atoms with van der Waals surface area (Å²) in [5.74, 6) is -5.48. The molecule has 0 saturated heterocycles. The van der Waals surface area contributed by atoms with Gasteiger partial charge in [-0.3, -0.25) is 0 Å². The van der Waals surface area contributed by atoms with Gasteiger partial charge < -0.3 is 14.2 Å². The summed E-state index contributed by atoms with van der Waals surface area (Å²) in [5.41, 5.74) is -0.766. The zero-order valence-corrected chi connectivity index (χ0v) is 16.9. The van der Waals surface area contributed by atoms with Crippen molar-refractivity contribution >= 4 is 16.7 Å². The molecule has 3 aromatic carbocycles. The summed E-state index contributed by atoms with van der Waals surface area (Å²) in [6.45, 7) is 4.97. The van der Waals surface area contributed by atoms with E-state index < -0.39 is 40.8 Å². The van der Waals surface area contributed by atoms with Crippen molar-refractivity contribution < 1.29 is 32.2 Å². The molecule has 0 fully saturated rings. The van der Waals surface area contributed by atoms with Gasteiger partial charge in [0, 0.05) is 10.8 Å². The molecule has 0 radical (unpaired) electrons. The van der Waals surface area contributed by atoms with E-state index in [1.165, 1.54) is 19.1 Å². The molecule has 160 valence electrons. The number of benzene rings is 3. The Hall–Kier alpha value is -3.73. The maximum absolute atomic E-state index is 14.3. The first-order valence-electron chi connectivity index (χ1n) is 9.37. The monoisotopic (exact) mass is 429 g/mol. The van der Waals surface area contributed by atoms with Crippen LogP contribution in [0.5, 0.6) is 17.2 Å². The molecule has 0 aromatic heterocycles. The Morgan fingerprint density at radius 1 is 0.968 bits per heavy atom. The molecule has 5 nitrogen and oxygen atoms in total. The number of carbonyl (C=O) groups excluding carboxylic acids is 1. The van der Waals surface area contributed by atoms with Crippen LogP contribution in [0.2, 0.25) is 0 Å². The highest BCUT2D eigenvalue weighted by Gasteiger charge is 2.22. The molecule has 0 bridgehead atoms. The fourth-order valence-electron chi connectivity index (χ4n) is 2.87. The first-order chi connectivity index (χ1) is 14.7. The normalized spacial score (nSPS) is 11.8. The van der Waals surface area contributed by atoms with E-state index in [0.717, 1.165) is 0 Å². The van der Waals surface area contributed by atoms with Crippen LogP contribution in [-0.4, -0.2) is 18.2 Å². The van der Waals surface area contributed by atoms with Crippen molar-refractivity contribution in [1.82, 2.24) is 0 Å². The predicted molar refractivity (Wildman–Crippen MR) is 106 cm³/mol. The van der Waals surface area contributed by atoms with Crippen LogP contribution < -0.4 is 9.47 Å². The highest BCUT2D eigenvalue weighted by atomic mass is 19.2. The lowest BCUT2D eigenvalue weighted by Crippen LogP contribution is -2.28. The summed E-state index contributed by atoms with van der Waals surface area (Å²) >= 11 is 0. The molecule has 3 rings (SSSR count). The minimum atomic E-state index is -1.61. The zero-order valence-electron chi connectivity index (χ0n) is 16.9. The van der Waals surface area contributed by atoms with Crippen LogP contribution >= 0.6 is 0 Å². The number of esters is 1. The molecule has 8 heteroatoms. The highest BCUT2D eigenvalue weighted by molar-refractivity contribution is 5.93. The van der Waals surface area contributed by atoms with Crippen LogP contribution in [0, 0.1) is 28.8 Å². The first kappa shape index (κ1) is 22.0. The van der Waals surface area contributed by atoms with Gasteiger partial charge in [0.15, 0.2) is 17.7 Å². The molecule has 1 atom stereocenters. The Morgan fingerprint density at radius 2 is 1.58 bits per heavy atom. The molecule has 0 aliphatic carbocycles. The smallest absolute Gasteiger partial charge is 0.347 e. The van der Waals surface area contributed by atoms with Crippen LogP contribution in [0.1, 0.15) is 26.3 Å². The van der Waals surface area contributed by atoms with E-state index in [-0.39, 0.29) is 11.9 Å². The zero-order chi connectivity index (χ0) is 22.7. The van der Waals surface area contributed by atoms with E-state index in [4.69, 9.17) is 19.5 Å². The third kappa shape index (κ3) is 4.56. The number of hydrogen-bond donors (Lipinski definition) is 0. The maximum atomic E-state index is 14.3. The Morgan fingerprint density at radius 3 is 2.19 bits per heavy atom. The molecule has 0 heterocycles. The molecule has 1 unspecified atom stereocenters. The lowest BCUT2D eigenvalue weighted by Gasteiger charge is -2.18. The average molecular weight is 429 g/mol. The van der Waals surface area contributed by atoms with E-state index >= 15 is 0 Å². The van der Waals surface area contributed by atoms with Gasteiger partial charge in [0.2, 0.25) is 11.6 Å². The quantitative estimate of drug-likeness (QED) is 0.375. The van der Waals surface area contributed by atoms with Crippen LogP contribution in [0.3, 0.4) is 0 Å². The summed E-state index contributed by atoms with van der Waals surface area (Å²) in [4.78, 5) is 12.0. The molecule has 0 amide bonds. The molecule has 0 aliphatic heterocycles. The van der Waals surface area contributed by atoms with Crippen LogP contribution in [-0.2, 0) is 9.53 Å². The summed E-state index contributed by atoms with van der Waals surface area (Å²) in [7, 11) is 0. The van der Waals surface area contributed by atoms with Gasteiger partial charge in [0.1, 0.15) is 17.6 Å². The Bertz CT molecular complexity index is 1190. The summed E-state index contributed by atoms with van der Waals surface area (Å²) in [5, 5.41) is 9.68. The molecule has 31 heavy (non-hydrogen) atoms. The number of carbonyl (C=O) groups is 1. The van der Waals surface area contributed by atoms with Crippen molar-refractivity contribution in [3.8, 4) is 23.3 Å². The second kappa shape index (κ2) is 8.96. The van der Waals surface area contributed by atoms with Crippen molar-refractivity contribution in [3.63, 3.8) is 0 Å². The van der Waals surface area contributed by atoms with Gasteiger partial charge in [0.05, 0.1) is 11.7 Å². The molecular formula is C23H18F3NO4. The number of ether oxygens (including phenoxy) is 3. The van der Waals surface area contributed by atoms with E-state index in [2.05, 4.69) is 0 Å². The fourth-order valence-corrected chi connectivity index (χ4v) is 2.87. The van der Waals surface area contributed by atoms with Crippen molar-refractivity contribution in [2.45, 2.75) is 33.0 Å². The fraction of sp³-hybridized carbons (Fsp3) is 0.217. The minimum Gasteiger partial charge on any atom is -0.478 e. The Balaban J connectivity index is 1.98. The van der Waals surface area contributed by atoms with E-state index in [1.54, 1.807) is 44.2 Å². The van der Waals surface area contributed by atoms with Crippen molar-refractivity contribution in [3.05, 3.63) is 65.5 Å². The van der Waals surface area contributed by atoms with Crippen molar-refractivity contribution in [2.75, 3.05) is 0 Å². The van der Waals surface area contributed by atoms with Crippen LogP contribution in [0.4, 0.5) is 13.2 Å². The first-order valence-corrected chi connectivity index (χ1v) is 9.37. The van der Waals surface area contributed by atoms with Crippen molar-refractivity contribution in [2.24, 2.45) is 0 Å². The average Bonchev–Trinajstić information content (AvgIpc) is 2.73. The Kier molecular flexibility index (Phi) is 6.35. The number of fused-ring (bicyclic) bond motifs is 1. The number of halogens is 3. The topological polar surface area (TPSA) is 68.6 Å². The highest BCUT2D eigenvalue weighted by Crippen LogP contribution is 2.37. The predicted octanol–water partition coefficient (Wildman–Crippen LogP) is 5.64. The number of nitriles is 1. The van der Waals surface area contributed by atoms with Gasteiger partial charge >= 0.3 is 5.97 Å². The molecule has 0 aliphatic rings. The van der Waals surface area contributed by atoms with E-state index in [0.29, 0.717) is 22.6 Å². The van der Waals surface area contributed by atoms with Gasteiger partial charge in [0.25, 0.3) is 0 Å². The van der Waals surface area contributed by atoms with Gasteiger partial charge in [-0.05, 0) is 39.0 Å². The summed E-state index contributed by atoms with van der Waals surface area (Å²) < 4.78 is 58.6. The largest absolute Gasteiger partial charge is 0.478 e. The number of nitrogens with zero attached hydrogens (tertiary/aromatic N) is 1. The van der Waals surface area contributed by atoms with Crippen LogP contribution in [0.15, 0.2) is 42.5 Å². The summed E-state index contributed by atoms with van der Waals surface area (Å²) in [6.07, 6.45) is -1.20.